The van der Waals surface area contributed by atoms with E-state index in [9.17, 15) is 5.11 Å². The van der Waals surface area contributed by atoms with E-state index in [0.717, 1.165) is 13.1 Å². The second kappa shape index (κ2) is 5.29. The molecule has 0 aromatic heterocycles. The summed E-state index contributed by atoms with van der Waals surface area (Å²) in [5.74, 6) is 0.358. The van der Waals surface area contributed by atoms with Crippen molar-refractivity contribution in [1.29, 1.82) is 0 Å². The number of nitrogens with one attached hydrogen (secondary N) is 1. The topological polar surface area (TPSA) is 35.5 Å². The Hall–Kier alpha value is -1.06. The van der Waals surface area contributed by atoms with Gasteiger partial charge < -0.3 is 10.4 Å². The number of phenolic OH excluding ortho intramolecular Hbond substituents is 1. The summed E-state index contributed by atoms with van der Waals surface area (Å²) in [5, 5.41) is 13.0. The van der Waals surface area contributed by atoms with E-state index in [1.165, 1.54) is 18.4 Å². The molecule has 2 rings (SSSR count). The van der Waals surface area contributed by atoms with Crippen molar-refractivity contribution in [2.75, 3.05) is 20.1 Å². The van der Waals surface area contributed by atoms with Crippen molar-refractivity contribution in [3.63, 3.8) is 0 Å². The van der Waals surface area contributed by atoms with E-state index in [4.69, 9.17) is 0 Å². The molecule has 3 heteroatoms. The monoisotopic (exact) mass is 248 g/mol. The number of piperidine rings is 1. The van der Waals surface area contributed by atoms with E-state index in [2.05, 4.69) is 30.1 Å². The third kappa shape index (κ3) is 2.85. The van der Waals surface area contributed by atoms with Gasteiger partial charge in [0.25, 0.3) is 0 Å². The maximum absolute atomic E-state index is 9.55. The van der Waals surface area contributed by atoms with Crippen LogP contribution >= 0.6 is 0 Å². The number of likely N-dealkylation sites (tertiary alicyclic amines) is 1. The van der Waals surface area contributed by atoms with E-state index >= 15 is 0 Å². The van der Waals surface area contributed by atoms with Crippen LogP contribution in [0, 0.1) is 0 Å². The smallest absolute Gasteiger partial charge is 0.115 e. The lowest BCUT2D eigenvalue weighted by atomic mass is 9.88. The maximum Gasteiger partial charge on any atom is 0.115 e. The highest BCUT2D eigenvalue weighted by atomic mass is 16.3. The number of hydrogen-bond acceptors (Lipinski definition) is 3. The van der Waals surface area contributed by atoms with Crippen LogP contribution in [-0.2, 0) is 0 Å². The summed E-state index contributed by atoms with van der Waals surface area (Å²) in [7, 11) is 2.05. The van der Waals surface area contributed by atoms with Crippen LogP contribution in [0.3, 0.4) is 0 Å². The molecule has 0 saturated carbocycles. The molecule has 0 spiro atoms. The van der Waals surface area contributed by atoms with Crippen molar-refractivity contribution in [2.24, 2.45) is 0 Å². The number of aromatic hydroxyl groups is 1. The molecule has 1 unspecified atom stereocenters. The average Bonchev–Trinajstić information content (AvgIpc) is 2.39. The fourth-order valence-electron chi connectivity index (χ4n) is 2.65. The van der Waals surface area contributed by atoms with Crippen LogP contribution in [0.1, 0.15) is 38.3 Å². The highest BCUT2D eigenvalue weighted by Crippen LogP contribution is 2.29. The Morgan fingerprint density at radius 1 is 1.33 bits per heavy atom. The van der Waals surface area contributed by atoms with Crippen molar-refractivity contribution in [1.82, 2.24) is 10.2 Å². The fraction of sp³-hybridized carbons (Fsp3) is 0.600. The first-order valence-electron chi connectivity index (χ1n) is 6.76. The Bertz CT molecular complexity index is 397. The van der Waals surface area contributed by atoms with E-state index in [0.29, 0.717) is 11.8 Å². The Balaban J connectivity index is 2.01. The zero-order chi connectivity index (χ0) is 13.2. The summed E-state index contributed by atoms with van der Waals surface area (Å²) in [6.07, 6.45) is 2.35. The molecule has 1 aromatic rings. The van der Waals surface area contributed by atoms with Gasteiger partial charge in [-0.15, -0.1) is 0 Å². The van der Waals surface area contributed by atoms with Gasteiger partial charge in [-0.1, -0.05) is 12.1 Å². The Morgan fingerprint density at radius 2 is 2.00 bits per heavy atom. The lowest BCUT2D eigenvalue weighted by molar-refractivity contribution is 0.117. The molecular formula is C15H24N2O. The van der Waals surface area contributed by atoms with Gasteiger partial charge >= 0.3 is 0 Å². The average molecular weight is 248 g/mol. The molecule has 1 aliphatic rings. The fourth-order valence-corrected chi connectivity index (χ4v) is 2.65. The van der Waals surface area contributed by atoms with Gasteiger partial charge in [-0.2, -0.15) is 0 Å². The minimum Gasteiger partial charge on any atom is -0.508 e. The Kier molecular flexibility index (Phi) is 3.93. The van der Waals surface area contributed by atoms with E-state index in [1.807, 2.05) is 19.2 Å². The molecule has 1 atom stereocenters. The first-order valence-corrected chi connectivity index (χ1v) is 6.76. The summed E-state index contributed by atoms with van der Waals surface area (Å²) in [6, 6.07) is 7.98. The first-order chi connectivity index (χ1) is 8.54. The van der Waals surface area contributed by atoms with Gasteiger partial charge in [-0.05, 0) is 51.4 Å². The molecule has 1 aromatic carbocycles. The standard InChI is InChI=1S/C15H24N2O/c1-12(13-5-4-6-14(18)11-13)17-9-7-15(2,16-3)8-10-17/h4-6,11-12,16,18H,7-10H2,1-3H3. The van der Waals surface area contributed by atoms with Crippen molar-refractivity contribution in [3.8, 4) is 5.75 Å². The molecule has 0 radical (unpaired) electrons. The van der Waals surface area contributed by atoms with Crippen LogP contribution in [0.15, 0.2) is 24.3 Å². The minimum atomic E-state index is 0.287. The van der Waals surface area contributed by atoms with Crippen LogP contribution in [-0.4, -0.2) is 35.7 Å². The highest BCUT2D eigenvalue weighted by Gasteiger charge is 2.30. The first kappa shape index (κ1) is 13.4. The molecule has 1 fully saturated rings. The molecule has 0 amide bonds. The zero-order valence-electron chi connectivity index (χ0n) is 11.6. The molecule has 2 N–H and O–H groups in total. The number of benzene rings is 1. The van der Waals surface area contributed by atoms with Gasteiger partial charge in [-0.3, -0.25) is 4.90 Å². The zero-order valence-corrected chi connectivity index (χ0v) is 11.6. The predicted molar refractivity (Wildman–Crippen MR) is 74.8 cm³/mol. The number of rotatable bonds is 3. The molecular weight excluding hydrogens is 224 g/mol. The molecule has 100 valence electrons. The molecule has 1 aliphatic heterocycles. The number of hydrogen-bond donors (Lipinski definition) is 2. The molecule has 1 heterocycles. The van der Waals surface area contributed by atoms with Crippen LogP contribution in [0.5, 0.6) is 5.75 Å². The lowest BCUT2D eigenvalue weighted by Gasteiger charge is -2.42. The largest absolute Gasteiger partial charge is 0.508 e. The number of nitrogens with zero attached hydrogens (tertiary/aromatic N) is 1. The van der Waals surface area contributed by atoms with Gasteiger partial charge in [0.15, 0.2) is 0 Å². The second-order valence-corrected chi connectivity index (χ2v) is 5.62. The van der Waals surface area contributed by atoms with Gasteiger partial charge in [0, 0.05) is 24.7 Å². The molecule has 3 nitrogen and oxygen atoms in total. The Morgan fingerprint density at radius 3 is 2.56 bits per heavy atom. The second-order valence-electron chi connectivity index (χ2n) is 5.62. The summed E-state index contributed by atoms with van der Waals surface area (Å²) < 4.78 is 0. The van der Waals surface area contributed by atoms with Gasteiger partial charge in [0.05, 0.1) is 0 Å². The van der Waals surface area contributed by atoms with Crippen LogP contribution in [0.2, 0.25) is 0 Å². The third-order valence-corrected chi connectivity index (χ3v) is 4.41. The molecule has 18 heavy (non-hydrogen) atoms. The normalized spacial score (nSPS) is 21.7. The van der Waals surface area contributed by atoms with Crippen molar-refractivity contribution < 1.29 is 5.11 Å². The van der Waals surface area contributed by atoms with Gasteiger partial charge in [0.2, 0.25) is 0 Å². The van der Waals surface area contributed by atoms with Crippen molar-refractivity contribution in [2.45, 2.75) is 38.3 Å². The predicted octanol–water partition coefficient (Wildman–Crippen LogP) is 2.53. The summed E-state index contributed by atoms with van der Waals surface area (Å²) >= 11 is 0. The minimum absolute atomic E-state index is 0.287. The summed E-state index contributed by atoms with van der Waals surface area (Å²) in [6.45, 7) is 6.72. The Labute approximate surface area is 110 Å². The molecule has 1 saturated heterocycles. The highest BCUT2D eigenvalue weighted by molar-refractivity contribution is 5.29. The van der Waals surface area contributed by atoms with E-state index in [1.54, 1.807) is 6.07 Å². The van der Waals surface area contributed by atoms with Crippen molar-refractivity contribution in [3.05, 3.63) is 29.8 Å². The van der Waals surface area contributed by atoms with Crippen LogP contribution in [0.4, 0.5) is 0 Å². The quantitative estimate of drug-likeness (QED) is 0.863. The maximum atomic E-state index is 9.55. The molecule has 0 aliphatic carbocycles. The SMILES string of the molecule is CNC1(C)CCN(C(C)c2cccc(O)c2)CC1. The van der Waals surface area contributed by atoms with Crippen molar-refractivity contribution >= 4 is 0 Å². The third-order valence-electron chi connectivity index (χ3n) is 4.41. The van der Waals surface area contributed by atoms with E-state index in [-0.39, 0.29) is 5.54 Å². The van der Waals surface area contributed by atoms with Crippen LogP contribution < -0.4 is 5.32 Å². The van der Waals surface area contributed by atoms with E-state index < -0.39 is 0 Å². The summed E-state index contributed by atoms with van der Waals surface area (Å²) in [5.41, 5.74) is 1.48. The lowest BCUT2D eigenvalue weighted by Crippen LogP contribution is -2.50. The summed E-state index contributed by atoms with van der Waals surface area (Å²) in [4.78, 5) is 2.49. The molecule has 0 bridgehead atoms. The van der Waals surface area contributed by atoms with Gasteiger partial charge in [0.1, 0.15) is 5.75 Å². The van der Waals surface area contributed by atoms with Gasteiger partial charge in [-0.25, -0.2) is 0 Å². The number of phenols is 1. The van der Waals surface area contributed by atoms with Crippen LogP contribution in [0.25, 0.3) is 0 Å².